The molecule has 0 saturated carbocycles. The number of halogens is 2. The zero-order chi connectivity index (χ0) is 35.0. The highest BCUT2D eigenvalue weighted by atomic mass is 32.2. The summed E-state index contributed by atoms with van der Waals surface area (Å²) in [5, 5.41) is 10.3. The van der Waals surface area contributed by atoms with Gasteiger partial charge in [-0.25, -0.2) is 13.2 Å². The molecule has 3 heterocycles. The van der Waals surface area contributed by atoms with Gasteiger partial charge in [0.2, 0.25) is 5.89 Å². The number of morpholine rings is 1. The number of nitrogens with one attached hydrogen (secondary N) is 1. The highest BCUT2D eigenvalue weighted by molar-refractivity contribution is 7.91. The average Bonchev–Trinajstić information content (AvgIpc) is 3.51. The van der Waals surface area contributed by atoms with Gasteiger partial charge in [0, 0.05) is 12.1 Å². The maximum absolute atomic E-state index is 14.2. The van der Waals surface area contributed by atoms with E-state index in [-0.39, 0.29) is 47.7 Å². The molecule has 1 saturated heterocycles. The minimum absolute atomic E-state index is 0.00161. The van der Waals surface area contributed by atoms with Gasteiger partial charge in [-0.1, -0.05) is 35.4 Å². The molecule has 4 aromatic rings. The Kier molecular flexibility index (Phi) is 9.02. The predicted octanol–water partition coefficient (Wildman–Crippen LogP) is 5.17. The van der Waals surface area contributed by atoms with Crippen molar-refractivity contribution in [2.75, 3.05) is 35.2 Å². The summed E-state index contributed by atoms with van der Waals surface area (Å²) in [6, 6.07) is 18.5. The van der Waals surface area contributed by atoms with Crippen molar-refractivity contribution in [1.82, 2.24) is 15.5 Å². The molecule has 13 nitrogen and oxygen atoms in total. The van der Waals surface area contributed by atoms with Gasteiger partial charge in [-0.05, 0) is 68.8 Å². The molecule has 1 atom stereocenters. The molecule has 2 amide bonds. The van der Waals surface area contributed by atoms with Crippen LogP contribution in [0.25, 0.3) is 11.5 Å². The van der Waals surface area contributed by atoms with Crippen LogP contribution in [0.1, 0.15) is 26.3 Å². The smallest absolute Gasteiger partial charge is 0.408 e. The normalized spacial score (nSPS) is 18.7. The number of hydrogen-bond donors (Lipinski definition) is 1. The first-order chi connectivity index (χ1) is 23.2. The molecule has 6 rings (SSSR count). The van der Waals surface area contributed by atoms with Gasteiger partial charge in [0.1, 0.15) is 29.7 Å². The first-order valence-electron chi connectivity index (χ1n) is 15.3. The number of hydrogen-bond acceptors (Lipinski definition) is 11. The molecular formula is C33H33F2N5O8S. The molecule has 0 aliphatic carbocycles. The number of sulfone groups is 1. The third-order valence-corrected chi connectivity index (χ3v) is 9.24. The van der Waals surface area contributed by atoms with Crippen molar-refractivity contribution in [3.63, 3.8) is 0 Å². The fourth-order valence-electron chi connectivity index (χ4n) is 5.27. The second-order valence-electron chi connectivity index (χ2n) is 12.4. The number of rotatable bonds is 7. The van der Waals surface area contributed by atoms with E-state index in [2.05, 4.69) is 20.3 Å². The zero-order valence-electron chi connectivity index (χ0n) is 26.8. The number of ether oxygens (including phenoxy) is 3. The number of carbonyl (C=O) groups excluding carboxylic acids is 2. The molecule has 0 bridgehead atoms. The summed E-state index contributed by atoms with van der Waals surface area (Å²) in [6.07, 6.45) is -4.36. The fraction of sp³-hybridized carbons (Fsp3) is 0.333. The topological polar surface area (TPSA) is 153 Å². The largest absolute Gasteiger partial charge is 0.457 e. The van der Waals surface area contributed by atoms with E-state index in [0.29, 0.717) is 17.1 Å². The second kappa shape index (κ2) is 13.1. The average molecular weight is 698 g/mol. The first-order valence-corrected chi connectivity index (χ1v) is 16.9. The van der Waals surface area contributed by atoms with E-state index in [0.717, 1.165) is 0 Å². The van der Waals surface area contributed by atoms with Crippen LogP contribution in [0.5, 0.6) is 11.5 Å². The molecule has 2 aliphatic rings. The summed E-state index contributed by atoms with van der Waals surface area (Å²) >= 11 is 0. The van der Waals surface area contributed by atoms with Crippen LogP contribution in [0.3, 0.4) is 0 Å². The molecule has 16 heteroatoms. The summed E-state index contributed by atoms with van der Waals surface area (Å²) in [4.78, 5) is 29.1. The first kappa shape index (κ1) is 33.8. The number of alkyl carbamates (subject to hydrolysis) is 1. The summed E-state index contributed by atoms with van der Waals surface area (Å²) in [5.74, 6) is -0.359. The van der Waals surface area contributed by atoms with Gasteiger partial charge in [0.25, 0.3) is 5.91 Å². The molecular weight excluding hydrogens is 664 g/mol. The summed E-state index contributed by atoms with van der Waals surface area (Å²) in [7, 11) is -4.17. The van der Waals surface area contributed by atoms with Crippen molar-refractivity contribution >= 4 is 33.5 Å². The van der Waals surface area contributed by atoms with E-state index in [1.807, 2.05) is 18.2 Å². The monoisotopic (exact) mass is 697 g/mol. The second-order valence-corrected chi connectivity index (χ2v) is 14.4. The predicted molar refractivity (Wildman–Crippen MR) is 172 cm³/mol. The fourth-order valence-corrected chi connectivity index (χ4v) is 6.88. The molecule has 49 heavy (non-hydrogen) atoms. The highest BCUT2D eigenvalue weighted by Gasteiger charge is 2.41. The summed E-state index contributed by atoms with van der Waals surface area (Å²) < 4.78 is 76.5. The summed E-state index contributed by atoms with van der Waals surface area (Å²) in [5.41, 5.74) is -0.0551. The number of para-hydroxylation sites is 1. The molecule has 3 aromatic carbocycles. The van der Waals surface area contributed by atoms with Crippen LogP contribution in [-0.2, 0) is 30.7 Å². The lowest BCUT2D eigenvalue weighted by Crippen LogP contribution is -2.51. The van der Waals surface area contributed by atoms with Crippen LogP contribution < -0.4 is 19.9 Å². The van der Waals surface area contributed by atoms with Crippen LogP contribution in [0.2, 0.25) is 0 Å². The van der Waals surface area contributed by atoms with Crippen LogP contribution in [0.15, 0.2) is 82.1 Å². The van der Waals surface area contributed by atoms with Crippen molar-refractivity contribution in [1.29, 1.82) is 0 Å². The molecule has 1 N–H and O–H groups in total. The number of benzene rings is 3. The lowest BCUT2D eigenvalue weighted by molar-refractivity contribution is -0.240. The van der Waals surface area contributed by atoms with E-state index in [1.165, 1.54) is 28.0 Å². The van der Waals surface area contributed by atoms with E-state index in [4.69, 9.17) is 13.9 Å². The van der Waals surface area contributed by atoms with E-state index < -0.39 is 51.9 Å². The Morgan fingerprint density at radius 1 is 1.04 bits per heavy atom. The van der Waals surface area contributed by atoms with Crippen LogP contribution in [0.4, 0.5) is 25.3 Å². The van der Waals surface area contributed by atoms with Gasteiger partial charge in [-0.2, -0.15) is 8.78 Å². The van der Waals surface area contributed by atoms with E-state index in [9.17, 15) is 26.8 Å². The van der Waals surface area contributed by atoms with Crippen molar-refractivity contribution in [3.05, 3.63) is 78.4 Å². The molecule has 2 aliphatic heterocycles. The highest BCUT2D eigenvalue weighted by Crippen LogP contribution is 2.37. The third-order valence-electron chi connectivity index (χ3n) is 7.45. The Hall–Kier alpha value is -5.09. The van der Waals surface area contributed by atoms with Crippen LogP contribution in [0, 0.1) is 0 Å². The Labute approximate surface area is 280 Å². The van der Waals surface area contributed by atoms with Gasteiger partial charge in [-0.15, -0.1) is 5.10 Å². The lowest BCUT2D eigenvalue weighted by Gasteiger charge is -2.30. The van der Waals surface area contributed by atoms with Gasteiger partial charge < -0.3 is 33.7 Å². The zero-order valence-corrected chi connectivity index (χ0v) is 27.6. The van der Waals surface area contributed by atoms with Gasteiger partial charge in [0.05, 0.1) is 29.5 Å². The van der Waals surface area contributed by atoms with Crippen LogP contribution >= 0.6 is 0 Å². The number of anilines is 2. The molecule has 0 radical (unpaired) electrons. The molecule has 0 unspecified atom stereocenters. The Morgan fingerprint density at radius 2 is 1.76 bits per heavy atom. The van der Waals surface area contributed by atoms with Gasteiger partial charge in [0.15, 0.2) is 9.84 Å². The van der Waals surface area contributed by atoms with Gasteiger partial charge in [-0.3, -0.25) is 4.79 Å². The minimum atomic E-state index is -4.17. The number of alkyl halides is 2. The Morgan fingerprint density at radius 3 is 2.45 bits per heavy atom. The molecule has 258 valence electrons. The number of aromatic nitrogens is 2. The third kappa shape index (κ3) is 7.97. The maximum Gasteiger partial charge on any atom is 0.408 e. The van der Waals surface area contributed by atoms with Crippen LogP contribution in [-0.4, -0.2) is 73.8 Å². The van der Waals surface area contributed by atoms with E-state index >= 15 is 0 Å². The number of nitrogens with zero attached hydrogens (tertiary/aromatic N) is 4. The number of amides is 2. The lowest BCUT2D eigenvalue weighted by atomic mass is 10.1. The summed E-state index contributed by atoms with van der Waals surface area (Å²) in [6.45, 7) is 3.86. The SMILES string of the molecule is CC(C)(C)OC(=O)N[C@H]1CS(=O)(=O)c2ccc(-c3nnc(N4CCOC(F)(F)C4)o3)cc2N(Cc2ccc(Oc3ccccc3)cc2)C1=O. The maximum atomic E-state index is 14.2. The molecule has 0 spiro atoms. The Bertz CT molecular complexity index is 1950. The quantitative estimate of drug-likeness (QED) is 0.272. The van der Waals surface area contributed by atoms with Crippen molar-refractivity contribution < 1.29 is 45.4 Å². The number of fused-ring (bicyclic) bond motifs is 1. The standard InChI is InChI=1S/C33H33F2N5O8S/c1-32(2,3)48-31(42)36-25-19-49(43,44)27-14-11-22(28-37-38-30(47-28)39-15-16-45-33(34,35)20-39)17-26(27)40(29(25)41)18-21-9-12-24(13-10-21)46-23-7-5-4-6-8-23/h4-14,17,25H,15-16,18-20H2,1-3H3,(H,36,42)/t25-/m0/s1. The van der Waals surface area contributed by atoms with Crippen molar-refractivity contribution in [3.8, 4) is 23.0 Å². The molecule has 1 aromatic heterocycles. The Balaban J connectivity index is 1.35. The van der Waals surface area contributed by atoms with E-state index in [1.54, 1.807) is 57.2 Å². The van der Waals surface area contributed by atoms with Gasteiger partial charge >= 0.3 is 18.2 Å². The number of carbonyl (C=O) groups is 2. The minimum Gasteiger partial charge on any atom is -0.457 e. The van der Waals surface area contributed by atoms with Crippen molar-refractivity contribution in [2.45, 2.75) is 50.0 Å². The van der Waals surface area contributed by atoms with Crippen molar-refractivity contribution in [2.24, 2.45) is 0 Å². The molecule has 1 fully saturated rings.